The Bertz CT molecular complexity index is 1520. The zero-order valence-corrected chi connectivity index (χ0v) is 21.1. The number of aryl methyl sites for hydroxylation is 1. The van der Waals surface area contributed by atoms with Crippen molar-refractivity contribution in [2.24, 2.45) is 0 Å². The molecule has 1 aliphatic rings. The van der Waals surface area contributed by atoms with Crippen molar-refractivity contribution in [1.82, 2.24) is 10.3 Å². The molecule has 0 aliphatic carbocycles. The van der Waals surface area contributed by atoms with Crippen LogP contribution in [-0.4, -0.2) is 10.1 Å². The average Bonchev–Trinajstić information content (AvgIpc) is 3.56. The van der Waals surface area contributed by atoms with Crippen LogP contribution < -0.4 is 15.0 Å². The monoisotopic (exact) mass is 503 g/mol. The van der Waals surface area contributed by atoms with Gasteiger partial charge in [-0.3, -0.25) is 4.98 Å². The maximum Gasteiger partial charge on any atom is 0.174 e. The molecule has 1 aliphatic heterocycles. The quantitative estimate of drug-likeness (QED) is 0.241. The summed E-state index contributed by atoms with van der Waals surface area (Å²) in [5.74, 6) is 3.22. The number of nitrogens with one attached hydrogen (secondary N) is 1. The zero-order chi connectivity index (χ0) is 25.2. The van der Waals surface area contributed by atoms with E-state index in [9.17, 15) is 0 Å². The van der Waals surface area contributed by atoms with Gasteiger partial charge in [0, 0.05) is 17.4 Å². The minimum absolute atomic E-state index is 0.175. The lowest BCUT2D eigenvalue weighted by Crippen LogP contribution is -2.29. The van der Waals surface area contributed by atoms with Crippen molar-refractivity contribution >= 4 is 23.0 Å². The van der Waals surface area contributed by atoms with E-state index in [4.69, 9.17) is 21.4 Å². The van der Waals surface area contributed by atoms with Crippen LogP contribution in [-0.2, 0) is 0 Å². The summed E-state index contributed by atoms with van der Waals surface area (Å²) in [6.45, 7) is 2.04. The number of aromatic nitrogens is 1. The third-order valence-electron chi connectivity index (χ3n) is 6.51. The molecule has 6 heteroatoms. The Labute approximate surface area is 221 Å². The lowest BCUT2D eigenvalue weighted by molar-refractivity contribution is 0.439. The third kappa shape index (κ3) is 4.59. The Balaban J connectivity index is 1.36. The maximum absolute atomic E-state index is 6.43. The van der Waals surface area contributed by atoms with Gasteiger partial charge in [0.1, 0.15) is 29.1 Å². The number of hydrogen-bond donors (Lipinski definition) is 1. The van der Waals surface area contributed by atoms with Crippen LogP contribution in [0.2, 0.25) is 0 Å². The van der Waals surface area contributed by atoms with Crippen molar-refractivity contribution in [3.8, 4) is 22.8 Å². The SMILES string of the molecule is Cc1ccccc1Oc1ccc(N2C(=S)N[C@@H](c3ccccn3)[C@H]2c2ccc(-c3ccccc3)o2)cc1. The molecule has 1 saturated heterocycles. The first kappa shape index (κ1) is 23.0. The maximum atomic E-state index is 6.43. The van der Waals surface area contributed by atoms with E-state index in [2.05, 4.69) is 15.2 Å². The van der Waals surface area contributed by atoms with E-state index in [0.717, 1.165) is 45.5 Å². The van der Waals surface area contributed by atoms with Gasteiger partial charge >= 0.3 is 0 Å². The molecule has 0 bridgehead atoms. The van der Waals surface area contributed by atoms with Crippen LogP contribution in [0.4, 0.5) is 5.69 Å². The standard InChI is InChI=1S/C31H25N3O2S/c1-21-9-5-6-13-26(21)35-24-16-14-23(15-17-24)34-30(29(33-31(34)37)25-12-7-8-20-32-25)28-19-18-27(36-28)22-10-3-2-4-11-22/h2-20,29-30H,1H3,(H,33,37)/t29-,30+/m0/s1. The molecule has 5 nitrogen and oxygen atoms in total. The zero-order valence-electron chi connectivity index (χ0n) is 20.2. The van der Waals surface area contributed by atoms with Crippen molar-refractivity contribution in [2.45, 2.75) is 19.0 Å². The van der Waals surface area contributed by atoms with Gasteiger partial charge in [-0.1, -0.05) is 54.6 Å². The first-order valence-electron chi connectivity index (χ1n) is 12.2. The van der Waals surface area contributed by atoms with E-state index < -0.39 is 0 Å². The predicted molar refractivity (Wildman–Crippen MR) is 150 cm³/mol. The molecule has 0 spiro atoms. The van der Waals surface area contributed by atoms with Gasteiger partial charge in [-0.25, -0.2) is 0 Å². The van der Waals surface area contributed by atoms with Crippen LogP contribution in [0, 0.1) is 6.92 Å². The molecule has 3 heterocycles. The fraction of sp³-hybridized carbons (Fsp3) is 0.0968. The summed E-state index contributed by atoms with van der Waals surface area (Å²) in [5, 5.41) is 4.10. The van der Waals surface area contributed by atoms with Gasteiger partial charge in [-0.15, -0.1) is 0 Å². The Hall–Kier alpha value is -4.42. The number of rotatable bonds is 6. The van der Waals surface area contributed by atoms with Gasteiger partial charge in [0.2, 0.25) is 0 Å². The minimum atomic E-state index is -0.219. The lowest BCUT2D eigenvalue weighted by Gasteiger charge is -2.26. The van der Waals surface area contributed by atoms with Gasteiger partial charge in [-0.05, 0) is 79.3 Å². The van der Waals surface area contributed by atoms with Crippen molar-refractivity contribution in [2.75, 3.05) is 4.90 Å². The fourth-order valence-electron chi connectivity index (χ4n) is 4.66. The third-order valence-corrected chi connectivity index (χ3v) is 6.83. The molecule has 5 aromatic rings. The smallest absolute Gasteiger partial charge is 0.174 e. The van der Waals surface area contributed by atoms with Gasteiger partial charge in [0.25, 0.3) is 0 Å². The largest absolute Gasteiger partial charge is 0.459 e. The number of ether oxygens (including phenoxy) is 1. The summed E-state index contributed by atoms with van der Waals surface area (Å²) in [7, 11) is 0. The molecule has 0 amide bonds. The first-order chi connectivity index (χ1) is 18.2. The number of furan rings is 1. The highest BCUT2D eigenvalue weighted by Gasteiger charge is 2.42. The molecule has 2 atom stereocenters. The van der Waals surface area contributed by atoms with E-state index in [0.29, 0.717) is 5.11 Å². The molecule has 0 saturated carbocycles. The predicted octanol–water partition coefficient (Wildman–Crippen LogP) is 7.62. The van der Waals surface area contributed by atoms with Gasteiger partial charge in [0.15, 0.2) is 5.11 Å². The molecule has 2 aromatic heterocycles. The minimum Gasteiger partial charge on any atom is -0.459 e. The molecular formula is C31H25N3O2S. The number of benzene rings is 3. The van der Waals surface area contributed by atoms with Crippen LogP contribution in [0.5, 0.6) is 11.5 Å². The Morgan fingerprint density at radius 2 is 1.59 bits per heavy atom. The second-order valence-corrected chi connectivity index (χ2v) is 9.31. The molecule has 6 rings (SSSR count). The summed E-state index contributed by atoms with van der Waals surface area (Å²) < 4.78 is 12.5. The van der Waals surface area contributed by atoms with Crippen molar-refractivity contribution < 1.29 is 9.15 Å². The van der Waals surface area contributed by atoms with Crippen LogP contribution in [0.25, 0.3) is 11.3 Å². The lowest BCUT2D eigenvalue weighted by atomic mass is 10.0. The van der Waals surface area contributed by atoms with Crippen LogP contribution in [0.1, 0.15) is 29.1 Å². The van der Waals surface area contributed by atoms with E-state index in [1.165, 1.54) is 0 Å². The number of nitrogens with zero attached hydrogens (tertiary/aromatic N) is 2. The highest BCUT2D eigenvalue weighted by molar-refractivity contribution is 7.80. The summed E-state index contributed by atoms with van der Waals surface area (Å²) in [4.78, 5) is 6.72. The average molecular weight is 504 g/mol. The Kier molecular flexibility index (Phi) is 6.16. The highest BCUT2D eigenvalue weighted by atomic mass is 32.1. The number of anilines is 1. The van der Waals surface area contributed by atoms with E-state index >= 15 is 0 Å². The first-order valence-corrected chi connectivity index (χ1v) is 12.6. The number of thiocarbonyl (C=S) groups is 1. The van der Waals surface area contributed by atoms with Crippen molar-refractivity contribution in [3.05, 3.63) is 132 Å². The summed E-state index contributed by atoms with van der Waals surface area (Å²) in [6, 6.07) is 35.6. The van der Waals surface area contributed by atoms with Crippen LogP contribution in [0.3, 0.4) is 0 Å². The van der Waals surface area contributed by atoms with Gasteiger partial charge in [0.05, 0.1) is 11.7 Å². The van der Waals surface area contributed by atoms with E-state index in [-0.39, 0.29) is 12.1 Å². The molecule has 1 N–H and O–H groups in total. The van der Waals surface area contributed by atoms with Crippen molar-refractivity contribution in [3.63, 3.8) is 0 Å². The number of pyridine rings is 1. The number of para-hydroxylation sites is 1. The topological polar surface area (TPSA) is 50.5 Å². The molecule has 0 unspecified atom stereocenters. The fourth-order valence-corrected chi connectivity index (χ4v) is 5.01. The Morgan fingerprint density at radius 3 is 2.35 bits per heavy atom. The molecule has 1 fully saturated rings. The second-order valence-electron chi connectivity index (χ2n) is 8.93. The van der Waals surface area contributed by atoms with Crippen LogP contribution in [0.15, 0.2) is 120 Å². The summed E-state index contributed by atoms with van der Waals surface area (Å²) >= 11 is 5.85. The van der Waals surface area contributed by atoms with Gasteiger partial charge in [-0.2, -0.15) is 0 Å². The molecule has 182 valence electrons. The van der Waals surface area contributed by atoms with E-state index in [1.54, 1.807) is 6.20 Å². The Morgan fingerprint density at radius 1 is 0.838 bits per heavy atom. The normalized spacial score (nSPS) is 17.0. The van der Waals surface area contributed by atoms with Crippen LogP contribution >= 0.6 is 12.2 Å². The number of hydrogen-bond acceptors (Lipinski definition) is 4. The summed E-state index contributed by atoms with van der Waals surface area (Å²) in [6.07, 6.45) is 1.80. The van der Waals surface area contributed by atoms with Gasteiger partial charge < -0.3 is 19.4 Å². The molecule has 0 radical (unpaired) electrons. The molecule has 3 aromatic carbocycles. The van der Waals surface area contributed by atoms with Crippen molar-refractivity contribution in [1.29, 1.82) is 0 Å². The van der Waals surface area contributed by atoms with E-state index in [1.807, 2.05) is 116 Å². The summed E-state index contributed by atoms with van der Waals surface area (Å²) in [5.41, 5.74) is 3.95. The second kappa shape index (κ2) is 9.91. The molecule has 37 heavy (non-hydrogen) atoms. The highest BCUT2D eigenvalue weighted by Crippen LogP contribution is 2.43. The molecular weight excluding hydrogens is 478 g/mol.